The molecule has 8 heteroatoms. The SMILES string of the molecule is CN(Cc1cnc2ccccn12)S(=O)(=O)c1ccc(C(=O)NC2CC2)cc1. The Morgan fingerprint density at radius 1 is 1.22 bits per heavy atom. The molecule has 2 heterocycles. The highest BCUT2D eigenvalue weighted by atomic mass is 32.2. The third kappa shape index (κ3) is 3.58. The number of fused-ring (bicyclic) bond motifs is 1. The van der Waals surface area contributed by atoms with Crippen molar-refractivity contribution in [1.29, 1.82) is 0 Å². The lowest BCUT2D eigenvalue weighted by atomic mass is 10.2. The third-order valence-electron chi connectivity index (χ3n) is 4.62. The highest BCUT2D eigenvalue weighted by Gasteiger charge is 2.25. The Bertz CT molecular complexity index is 1090. The maximum atomic E-state index is 12.9. The van der Waals surface area contributed by atoms with Crippen molar-refractivity contribution in [2.45, 2.75) is 30.3 Å². The molecule has 1 saturated carbocycles. The smallest absolute Gasteiger partial charge is 0.251 e. The van der Waals surface area contributed by atoms with Gasteiger partial charge in [0, 0.05) is 24.8 Å². The van der Waals surface area contributed by atoms with E-state index >= 15 is 0 Å². The average molecular weight is 384 g/mol. The summed E-state index contributed by atoms with van der Waals surface area (Å²) in [5.41, 5.74) is 2.01. The number of hydrogen-bond donors (Lipinski definition) is 1. The minimum absolute atomic E-state index is 0.154. The van der Waals surface area contributed by atoms with E-state index in [1.807, 2.05) is 28.8 Å². The fourth-order valence-electron chi connectivity index (χ4n) is 2.87. The topological polar surface area (TPSA) is 83.8 Å². The molecule has 1 aliphatic rings. The van der Waals surface area contributed by atoms with Gasteiger partial charge >= 0.3 is 0 Å². The number of aromatic nitrogens is 2. The first-order chi connectivity index (χ1) is 12.9. The van der Waals surface area contributed by atoms with E-state index in [2.05, 4.69) is 10.3 Å². The van der Waals surface area contributed by atoms with E-state index < -0.39 is 10.0 Å². The Balaban J connectivity index is 1.52. The average Bonchev–Trinajstić information content (AvgIpc) is 3.40. The van der Waals surface area contributed by atoms with Crippen LogP contribution in [0.2, 0.25) is 0 Å². The van der Waals surface area contributed by atoms with E-state index in [1.54, 1.807) is 18.3 Å². The maximum absolute atomic E-state index is 12.9. The molecule has 0 aliphatic heterocycles. The summed E-state index contributed by atoms with van der Waals surface area (Å²) in [7, 11) is -2.14. The molecule has 0 radical (unpaired) electrons. The van der Waals surface area contributed by atoms with Gasteiger partial charge in [0.15, 0.2) is 0 Å². The van der Waals surface area contributed by atoms with Crippen LogP contribution >= 0.6 is 0 Å². The Kier molecular flexibility index (Phi) is 4.45. The number of hydrogen-bond acceptors (Lipinski definition) is 4. The van der Waals surface area contributed by atoms with Crippen molar-refractivity contribution in [2.75, 3.05) is 7.05 Å². The van der Waals surface area contributed by atoms with Crippen molar-refractivity contribution >= 4 is 21.6 Å². The molecule has 1 amide bonds. The van der Waals surface area contributed by atoms with E-state index in [0.29, 0.717) is 5.56 Å². The zero-order valence-corrected chi connectivity index (χ0v) is 15.7. The van der Waals surface area contributed by atoms with Crippen molar-refractivity contribution < 1.29 is 13.2 Å². The molecule has 0 spiro atoms. The molecule has 0 bridgehead atoms. The summed E-state index contributed by atoms with van der Waals surface area (Å²) >= 11 is 0. The normalized spacial score (nSPS) is 14.6. The van der Waals surface area contributed by atoms with Gasteiger partial charge in [-0.05, 0) is 49.2 Å². The quantitative estimate of drug-likeness (QED) is 0.705. The molecule has 1 fully saturated rings. The van der Waals surface area contributed by atoms with Crippen LogP contribution in [0.15, 0.2) is 59.8 Å². The van der Waals surface area contributed by atoms with Gasteiger partial charge in [-0.3, -0.25) is 4.79 Å². The van der Waals surface area contributed by atoms with Gasteiger partial charge in [0.1, 0.15) is 5.65 Å². The van der Waals surface area contributed by atoms with Crippen molar-refractivity contribution in [3.05, 3.63) is 66.1 Å². The highest BCUT2D eigenvalue weighted by molar-refractivity contribution is 7.89. The van der Waals surface area contributed by atoms with E-state index in [0.717, 1.165) is 24.2 Å². The Morgan fingerprint density at radius 3 is 2.67 bits per heavy atom. The Hall–Kier alpha value is -2.71. The standard InChI is InChI=1S/C19H20N4O3S/c1-22(13-16-12-20-18-4-2-3-11-23(16)18)27(25,26)17-9-5-14(6-10-17)19(24)21-15-7-8-15/h2-6,9-12,15H,7-8,13H2,1H3,(H,21,24). The van der Waals surface area contributed by atoms with Crippen molar-refractivity contribution in [2.24, 2.45) is 0 Å². The van der Waals surface area contributed by atoms with E-state index in [-0.39, 0.29) is 23.4 Å². The minimum Gasteiger partial charge on any atom is -0.349 e. The zero-order chi connectivity index (χ0) is 19.0. The molecule has 2 aromatic heterocycles. The first kappa shape index (κ1) is 17.7. The number of nitrogens with one attached hydrogen (secondary N) is 1. The molecule has 27 heavy (non-hydrogen) atoms. The molecular weight excluding hydrogens is 364 g/mol. The molecule has 1 N–H and O–H groups in total. The molecule has 3 aromatic rings. The van der Waals surface area contributed by atoms with E-state index in [9.17, 15) is 13.2 Å². The third-order valence-corrected chi connectivity index (χ3v) is 6.43. The van der Waals surface area contributed by atoms with Crippen molar-refractivity contribution in [3.8, 4) is 0 Å². The monoisotopic (exact) mass is 384 g/mol. The zero-order valence-electron chi connectivity index (χ0n) is 14.9. The van der Waals surface area contributed by atoms with Crippen LogP contribution in [0, 0.1) is 0 Å². The number of imidazole rings is 1. The summed E-state index contributed by atoms with van der Waals surface area (Å²) < 4.78 is 28.9. The largest absolute Gasteiger partial charge is 0.349 e. The number of carbonyl (C=O) groups excluding carboxylic acids is 1. The van der Waals surface area contributed by atoms with Crippen LogP contribution in [0.4, 0.5) is 0 Å². The number of sulfonamides is 1. The summed E-state index contributed by atoms with van der Waals surface area (Å²) in [6.45, 7) is 0.192. The molecule has 0 atom stereocenters. The minimum atomic E-state index is -3.68. The summed E-state index contributed by atoms with van der Waals surface area (Å²) in [6.07, 6.45) is 5.54. The Morgan fingerprint density at radius 2 is 1.96 bits per heavy atom. The lowest BCUT2D eigenvalue weighted by Gasteiger charge is -2.17. The van der Waals surface area contributed by atoms with Gasteiger partial charge in [-0.2, -0.15) is 4.31 Å². The first-order valence-electron chi connectivity index (χ1n) is 8.73. The number of rotatable bonds is 6. The van der Waals surface area contributed by atoms with Crippen LogP contribution in [0.3, 0.4) is 0 Å². The number of carbonyl (C=O) groups is 1. The summed E-state index contributed by atoms with van der Waals surface area (Å²) in [5, 5.41) is 2.89. The second-order valence-electron chi connectivity index (χ2n) is 6.71. The van der Waals surface area contributed by atoms with E-state index in [1.165, 1.54) is 23.5 Å². The van der Waals surface area contributed by atoms with Crippen LogP contribution in [0.25, 0.3) is 5.65 Å². The molecular formula is C19H20N4O3S. The first-order valence-corrected chi connectivity index (χ1v) is 10.2. The van der Waals surface area contributed by atoms with Gasteiger partial charge in [0.25, 0.3) is 5.91 Å². The van der Waals surface area contributed by atoms with Gasteiger partial charge in [-0.25, -0.2) is 13.4 Å². The Labute approximate surface area is 157 Å². The lowest BCUT2D eigenvalue weighted by Crippen LogP contribution is -2.27. The summed E-state index contributed by atoms with van der Waals surface area (Å²) in [5.74, 6) is -0.166. The van der Waals surface area contributed by atoms with Gasteiger partial charge < -0.3 is 9.72 Å². The molecule has 140 valence electrons. The fraction of sp³-hybridized carbons (Fsp3) is 0.263. The second kappa shape index (κ2) is 6.79. The van der Waals surface area contributed by atoms with Crippen molar-refractivity contribution in [3.63, 3.8) is 0 Å². The van der Waals surface area contributed by atoms with Crippen LogP contribution in [-0.2, 0) is 16.6 Å². The van der Waals surface area contributed by atoms with Gasteiger partial charge in [-0.15, -0.1) is 0 Å². The molecule has 1 aliphatic carbocycles. The molecule has 0 unspecified atom stereocenters. The number of benzene rings is 1. The van der Waals surface area contributed by atoms with Gasteiger partial charge in [0.2, 0.25) is 10.0 Å². The molecule has 4 rings (SSSR count). The number of amides is 1. The maximum Gasteiger partial charge on any atom is 0.251 e. The predicted molar refractivity (Wildman–Crippen MR) is 101 cm³/mol. The number of nitrogens with zero attached hydrogens (tertiary/aromatic N) is 3. The van der Waals surface area contributed by atoms with Crippen LogP contribution in [0.1, 0.15) is 28.9 Å². The fourth-order valence-corrected chi connectivity index (χ4v) is 4.01. The number of pyridine rings is 1. The lowest BCUT2D eigenvalue weighted by molar-refractivity contribution is 0.0951. The van der Waals surface area contributed by atoms with E-state index in [4.69, 9.17) is 0 Å². The second-order valence-corrected chi connectivity index (χ2v) is 8.76. The highest BCUT2D eigenvalue weighted by Crippen LogP contribution is 2.21. The predicted octanol–water partition coefficient (Wildman–Crippen LogP) is 2.05. The van der Waals surface area contributed by atoms with Gasteiger partial charge in [0.05, 0.1) is 23.3 Å². The molecule has 7 nitrogen and oxygen atoms in total. The van der Waals surface area contributed by atoms with Crippen LogP contribution in [0.5, 0.6) is 0 Å². The van der Waals surface area contributed by atoms with Crippen LogP contribution < -0.4 is 5.32 Å². The van der Waals surface area contributed by atoms with Gasteiger partial charge in [-0.1, -0.05) is 6.07 Å². The molecule has 0 saturated heterocycles. The molecule has 1 aromatic carbocycles. The summed E-state index contributed by atoms with van der Waals surface area (Å²) in [4.78, 5) is 16.5. The van der Waals surface area contributed by atoms with Crippen molar-refractivity contribution in [1.82, 2.24) is 19.0 Å². The summed E-state index contributed by atoms with van der Waals surface area (Å²) in [6, 6.07) is 11.9. The van der Waals surface area contributed by atoms with Crippen LogP contribution in [-0.4, -0.2) is 41.1 Å².